The fourth-order valence-electron chi connectivity index (χ4n) is 2.00. The molecule has 0 saturated heterocycles. The third-order valence-electron chi connectivity index (χ3n) is 3.04. The monoisotopic (exact) mass is 250 g/mol. The van der Waals surface area contributed by atoms with Gasteiger partial charge in [0, 0.05) is 23.3 Å². The minimum Gasteiger partial charge on any atom is -0.456 e. The molecule has 1 aromatic heterocycles. The zero-order chi connectivity index (χ0) is 13.2. The van der Waals surface area contributed by atoms with Gasteiger partial charge in [0.25, 0.3) is 0 Å². The molecule has 0 aliphatic rings. The van der Waals surface area contributed by atoms with E-state index in [-0.39, 0.29) is 0 Å². The van der Waals surface area contributed by atoms with Crippen molar-refractivity contribution >= 4 is 16.6 Å². The lowest BCUT2D eigenvalue weighted by Crippen LogP contribution is -1.92. The third-order valence-corrected chi connectivity index (χ3v) is 3.04. The number of nitrogens with zero attached hydrogens (tertiary/aromatic N) is 1. The number of pyridine rings is 1. The predicted molar refractivity (Wildman–Crippen MR) is 77.4 cm³/mol. The van der Waals surface area contributed by atoms with Crippen LogP contribution in [0.3, 0.4) is 0 Å². The van der Waals surface area contributed by atoms with Gasteiger partial charge in [0.1, 0.15) is 11.5 Å². The number of fused-ring (bicyclic) bond motifs is 1. The van der Waals surface area contributed by atoms with Crippen molar-refractivity contribution in [2.75, 3.05) is 5.73 Å². The molecule has 19 heavy (non-hydrogen) atoms. The molecule has 0 aliphatic heterocycles. The minimum atomic E-state index is 0.693. The molecule has 0 unspecified atom stereocenters. The average Bonchev–Trinajstić information content (AvgIpc) is 2.43. The zero-order valence-corrected chi connectivity index (χ0v) is 10.6. The van der Waals surface area contributed by atoms with Crippen LogP contribution in [0.25, 0.3) is 10.9 Å². The van der Waals surface area contributed by atoms with Crippen LogP contribution in [-0.4, -0.2) is 4.98 Å². The van der Waals surface area contributed by atoms with Gasteiger partial charge in [-0.25, -0.2) is 0 Å². The smallest absolute Gasteiger partial charge is 0.138 e. The van der Waals surface area contributed by atoms with Gasteiger partial charge in [-0.2, -0.15) is 0 Å². The number of hydrogen-bond acceptors (Lipinski definition) is 3. The highest BCUT2D eigenvalue weighted by Crippen LogP contribution is 2.31. The Balaban J connectivity index is 2.08. The molecule has 94 valence electrons. The number of hydrogen-bond donors (Lipinski definition) is 1. The summed E-state index contributed by atoms with van der Waals surface area (Å²) < 4.78 is 5.98. The third kappa shape index (κ3) is 2.22. The molecular weight excluding hydrogens is 236 g/mol. The second-order valence-corrected chi connectivity index (χ2v) is 4.45. The van der Waals surface area contributed by atoms with Gasteiger partial charge < -0.3 is 10.5 Å². The van der Waals surface area contributed by atoms with E-state index in [0.717, 1.165) is 28.0 Å². The summed E-state index contributed by atoms with van der Waals surface area (Å²) in [5.74, 6) is 1.57. The average molecular weight is 250 g/mol. The van der Waals surface area contributed by atoms with E-state index in [9.17, 15) is 0 Å². The molecule has 3 heteroatoms. The van der Waals surface area contributed by atoms with Crippen LogP contribution in [0, 0.1) is 6.92 Å². The summed E-state index contributed by atoms with van der Waals surface area (Å²) in [6.45, 7) is 2.00. The van der Waals surface area contributed by atoms with Crippen LogP contribution in [0.15, 0.2) is 54.7 Å². The van der Waals surface area contributed by atoms with Crippen LogP contribution in [0.1, 0.15) is 5.56 Å². The van der Waals surface area contributed by atoms with Gasteiger partial charge in [0.2, 0.25) is 0 Å². The van der Waals surface area contributed by atoms with Crippen molar-refractivity contribution in [1.82, 2.24) is 4.98 Å². The molecule has 0 saturated carbocycles. The fourth-order valence-corrected chi connectivity index (χ4v) is 2.00. The number of aromatic nitrogens is 1. The van der Waals surface area contributed by atoms with E-state index in [2.05, 4.69) is 4.98 Å². The van der Waals surface area contributed by atoms with E-state index in [4.69, 9.17) is 10.5 Å². The molecule has 3 rings (SSSR count). The van der Waals surface area contributed by atoms with Gasteiger partial charge in [0.15, 0.2) is 0 Å². The molecule has 0 amide bonds. The molecule has 0 fully saturated rings. The SMILES string of the molecule is Cc1ccc(N)cc1Oc1ccnc2ccccc12. The molecule has 3 nitrogen and oxygen atoms in total. The van der Waals surface area contributed by atoms with E-state index in [1.165, 1.54) is 0 Å². The number of rotatable bonds is 2. The van der Waals surface area contributed by atoms with Crippen molar-refractivity contribution in [2.45, 2.75) is 6.92 Å². The van der Waals surface area contributed by atoms with Gasteiger partial charge >= 0.3 is 0 Å². The van der Waals surface area contributed by atoms with Gasteiger partial charge in [-0.05, 0) is 36.8 Å². The van der Waals surface area contributed by atoms with Crippen molar-refractivity contribution in [1.29, 1.82) is 0 Å². The number of aryl methyl sites for hydroxylation is 1. The van der Waals surface area contributed by atoms with E-state index in [0.29, 0.717) is 5.69 Å². The normalized spacial score (nSPS) is 10.6. The fraction of sp³-hybridized carbons (Fsp3) is 0.0625. The number of nitrogens with two attached hydrogens (primary N) is 1. The van der Waals surface area contributed by atoms with Gasteiger partial charge in [-0.15, -0.1) is 0 Å². The molecule has 1 heterocycles. The van der Waals surface area contributed by atoms with Crippen LogP contribution >= 0.6 is 0 Å². The molecule has 0 radical (unpaired) electrons. The first-order valence-corrected chi connectivity index (χ1v) is 6.12. The second-order valence-electron chi connectivity index (χ2n) is 4.45. The summed E-state index contributed by atoms with van der Waals surface area (Å²) >= 11 is 0. The van der Waals surface area contributed by atoms with Crippen LogP contribution in [-0.2, 0) is 0 Å². The summed E-state index contributed by atoms with van der Waals surface area (Å²) in [6.07, 6.45) is 1.75. The standard InChI is InChI=1S/C16H14N2O/c1-11-6-7-12(17)10-16(11)19-15-8-9-18-14-5-3-2-4-13(14)15/h2-10H,17H2,1H3. The first-order valence-electron chi connectivity index (χ1n) is 6.12. The summed E-state index contributed by atoms with van der Waals surface area (Å²) in [6, 6.07) is 15.4. The summed E-state index contributed by atoms with van der Waals surface area (Å²) in [5, 5.41) is 0.992. The molecule has 2 N–H and O–H groups in total. The van der Waals surface area contributed by atoms with Crippen molar-refractivity contribution in [3.8, 4) is 11.5 Å². The predicted octanol–water partition coefficient (Wildman–Crippen LogP) is 3.92. The molecular formula is C16H14N2O. The lowest BCUT2D eigenvalue weighted by atomic mass is 10.2. The molecule has 0 spiro atoms. The number of benzene rings is 2. The van der Waals surface area contributed by atoms with Crippen molar-refractivity contribution in [3.63, 3.8) is 0 Å². The number of ether oxygens (including phenoxy) is 1. The first kappa shape index (κ1) is 11.5. The lowest BCUT2D eigenvalue weighted by Gasteiger charge is -2.11. The van der Waals surface area contributed by atoms with Crippen LogP contribution in [0.2, 0.25) is 0 Å². The topological polar surface area (TPSA) is 48.1 Å². The Hall–Kier alpha value is -2.55. The second kappa shape index (κ2) is 4.61. The Morgan fingerprint density at radius 1 is 1.00 bits per heavy atom. The largest absolute Gasteiger partial charge is 0.456 e. The van der Waals surface area contributed by atoms with Crippen LogP contribution < -0.4 is 10.5 Å². The number of para-hydroxylation sites is 1. The Kier molecular flexibility index (Phi) is 2.80. The highest BCUT2D eigenvalue weighted by atomic mass is 16.5. The number of nitrogen functional groups attached to an aromatic ring is 1. The van der Waals surface area contributed by atoms with Crippen molar-refractivity contribution in [2.24, 2.45) is 0 Å². The van der Waals surface area contributed by atoms with Crippen LogP contribution in [0.5, 0.6) is 11.5 Å². The molecule has 0 bridgehead atoms. The molecule has 3 aromatic rings. The Labute approximate surface area is 111 Å². The van der Waals surface area contributed by atoms with Gasteiger partial charge in [-0.3, -0.25) is 4.98 Å². The van der Waals surface area contributed by atoms with Crippen molar-refractivity contribution in [3.05, 3.63) is 60.3 Å². The quantitative estimate of drug-likeness (QED) is 0.701. The van der Waals surface area contributed by atoms with E-state index in [1.807, 2.05) is 55.5 Å². The first-order chi connectivity index (χ1) is 9.24. The molecule has 0 atom stereocenters. The van der Waals surface area contributed by atoms with Gasteiger partial charge in [-0.1, -0.05) is 18.2 Å². The van der Waals surface area contributed by atoms with E-state index < -0.39 is 0 Å². The summed E-state index contributed by atoms with van der Waals surface area (Å²) in [7, 11) is 0. The lowest BCUT2D eigenvalue weighted by molar-refractivity contribution is 0.484. The highest BCUT2D eigenvalue weighted by molar-refractivity contribution is 5.85. The van der Waals surface area contributed by atoms with Crippen LogP contribution in [0.4, 0.5) is 5.69 Å². The maximum Gasteiger partial charge on any atom is 0.138 e. The highest BCUT2D eigenvalue weighted by Gasteiger charge is 2.06. The maximum absolute atomic E-state index is 5.98. The minimum absolute atomic E-state index is 0.693. The van der Waals surface area contributed by atoms with E-state index >= 15 is 0 Å². The zero-order valence-electron chi connectivity index (χ0n) is 10.6. The Morgan fingerprint density at radius 3 is 2.74 bits per heavy atom. The maximum atomic E-state index is 5.98. The molecule has 0 aliphatic carbocycles. The van der Waals surface area contributed by atoms with Crippen molar-refractivity contribution < 1.29 is 4.74 Å². The van der Waals surface area contributed by atoms with E-state index in [1.54, 1.807) is 6.20 Å². The Bertz CT molecular complexity index is 732. The summed E-state index contributed by atoms with van der Waals surface area (Å²) in [4.78, 5) is 4.32. The number of anilines is 1. The summed E-state index contributed by atoms with van der Waals surface area (Å²) in [5.41, 5.74) is 8.46. The molecule has 2 aromatic carbocycles. The van der Waals surface area contributed by atoms with Gasteiger partial charge in [0.05, 0.1) is 5.52 Å². The Morgan fingerprint density at radius 2 is 1.84 bits per heavy atom.